The van der Waals surface area contributed by atoms with Crippen molar-refractivity contribution in [2.45, 2.75) is 29.7 Å². The summed E-state index contributed by atoms with van der Waals surface area (Å²) < 4.78 is 24.9. The number of carboxylic acid groups (broad SMARTS) is 1. The van der Waals surface area contributed by atoms with Crippen LogP contribution in [0.15, 0.2) is 29.2 Å². The second-order valence-corrected chi connectivity index (χ2v) is 7.66. The van der Waals surface area contributed by atoms with Gasteiger partial charge in [-0.1, -0.05) is 0 Å². The van der Waals surface area contributed by atoms with Gasteiger partial charge in [0.05, 0.1) is 4.90 Å². The Labute approximate surface area is 129 Å². The molecule has 0 spiro atoms. The van der Waals surface area contributed by atoms with E-state index in [2.05, 4.69) is 5.32 Å². The van der Waals surface area contributed by atoms with Crippen molar-refractivity contribution in [2.75, 3.05) is 14.1 Å². The van der Waals surface area contributed by atoms with Crippen LogP contribution in [0.1, 0.15) is 29.6 Å². The summed E-state index contributed by atoms with van der Waals surface area (Å²) >= 11 is 0. The lowest BCUT2D eigenvalue weighted by molar-refractivity contribution is -0.148. The van der Waals surface area contributed by atoms with Crippen LogP contribution in [0, 0.1) is 0 Å². The first-order valence-electron chi connectivity index (χ1n) is 6.77. The van der Waals surface area contributed by atoms with Gasteiger partial charge in [-0.2, -0.15) is 0 Å². The number of nitrogens with zero attached hydrogens (tertiary/aromatic N) is 1. The number of carbonyl (C=O) groups is 2. The number of nitrogens with one attached hydrogen (secondary N) is 1. The van der Waals surface area contributed by atoms with E-state index in [1.54, 1.807) is 0 Å². The van der Waals surface area contributed by atoms with Crippen LogP contribution in [0.5, 0.6) is 0 Å². The van der Waals surface area contributed by atoms with Crippen molar-refractivity contribution in [1.29, 1.82) is 0 Å². The maximum atomic E-state index is 12.1. The monoisotopic (exact) mass is 326 g/mol. The molecule has 2 rings (SSSR count). The van der Waals surface area contributed by atoms with Gasteiger partial charge in [0, 0.05) is 19.7 Å². The highest BCUT2D eigenvalue weighted by molar-refractivity contribution is 7.89. The highest BCUT2D eigenvalue weighted by atomic mass is 32.2. The summed E-state index contributed by atoms with van der Waals surface area (Å²) in [5, 5.41) is 11.7. The zero-order valence-electron chi connectivity index (χ0n) is 12.4. The van der Waals surface area contributed by atoms with E-state index in [0.717, 1.165) is 10.7 Å². The second kappa shape index (κ2) is 5.69. The third kappa shape index (κ3) is 2.84. The van der Waals surface area contributed by atoms with E-state index in [1.807, 2.05) is 0 Å². The minimum atomic E-state index is -3.55. The Morgan fingerprint density at radius 1 is 1.18 bits per heavy atom. The lowest BCUT2D eigenvalue weighted by Gasteiger charge is -2.38. The Hall–Kier alpha value is -1.93. The van der Waals surface area contributed by atoms with E-state index in [4.69, 9.17) is 0 Å². The van der Waals surface area contributed by atoms with E-state index in [0.29, 0.717) is 12.8 Å². The largest absolute Gasteiger partial charge is 0.480 e. The Balaban J connectivity index is 2.17. The highest BCUT2D eigenvalue weighted by Gasteiger charge is 2.45. The molecular formula is C14H18N2O5S. The van der Waals surface area contributed by atoms with E-state index in [1.165, 1.54) is 38.4 Å². The van der Waals surface area contributed by atoms with Gasteiger partial charge < -0.3 is 10.4 Å². The number of benzene rings is 1. The number of sulfonamides is 1. The maximum absolute atomic E-state index is 12.1. The van der Waals surface area contributed by atoms with Gasteiger partial charge in [-0.3, -0.25) is 4.79 Å². The molecule has 22 heavy (non-hydrogen) atoms. The summed E-state index contributed by atoms with van der Waals surface area (Å²) in [5.41, 5.74) is -0.962. The Bertz CT molecular complexity index is 690. The molecule has 7 nitrogen and oxygen atoms in total. The number of carboxylic acids is 1. The van der Waals surface area contributed by atoms with E-state index in [9.17, 15) is 23.1 Å². The molecule has 1 aromatic carbocycles. The smallest absolute Gasteiger partial charge is 0.329 e. The molecule has 8 heteroatoms. The zero-order chi connectivity index (χ0) is 16.5. The predicted octanol–water partition coefficient (Wildman–Crippen LogP) is 0.674. The van der Waals surface area contributed by atoms with Gasteiger partial charge in [0.1, 0.15) is 5.54 Å². The van der Waals surface area contributed by atoms with Gasteiger partial charge in [0.25, 0.3) is 5.91 Å². The molecule has 0 radical (unpaired) electrons. The summed E-state index contributed by atoms with van der Waals surface area (Å²) in [7, 11) is -0.714. The summed E-state index contributed by atoms with van der Waals surface area (Å²) in [6.07, 6.45) is 1.56. The molecule has 120 valence electrons. The topological polar surface area (TPSA) is 104 Å². The van der Waals surface area contributed by atoms with Crippen LogP contribution in [-0.2, 0) is 14.8 Å². The summed E-state index contributed by atoms with van der Waals surface area (Å²) in [4.78, 5) is 23.4. The predicted molar refractivity (Wildman–Crippen MR) is 79.0 cm³/mol. The Kier molecular flexibility index (Phi) is 4.25. The molecule has 0 atom stereocenters. The van der Waals surface area contributed by atoms with E-state index in [-0.39, 0.29) is 10.5 Å². The molecule has 1 amide bonds. The normalized spacial score (nSPS) is 16.9. The first-order valence-corrected chi connectivity index (χ1v) is 8.21. The van der Waals surface area contributed by atoms with Crippen molar-refractivity contribution >= 4 is 21.9 Å². The fourth-order valence-electron chi connectivity index (χ4n) is 2.20. The first kappa shape index (κ1) is 16.4. The van der Waals surface area contributed by atoms with Crippen LogP contribution >= 0.6 is 0 Å². The second-order valence-electron chi connectivity index (χ2n) is 5.51. The molecule has 0 heterocycles. The molecule has 0 bridgehead atoms. The molecule has 2 N–H and O–H groups in total. The number of rotatable bonds is 5. The molecular weight excluding hydrogens is 308 g/mol. The van der Waals surface area contributed by atoms with Crippen molar-refractivity contribution in [3.63, 3.8) is 0 Å². The fraction of sp³-hybridized carbons (Fsp3) is 0.429. The molecule has 1 aliphatic carbocycles. The van der Waals surface area contributed by atoms with Crippen LogP contribution in [0.25, 0.3) is 0 Å². The summed E-state index contributed by atoms with van der Waals surface area (Å²) in [6.45, 7) is 0. The molecule has 0 unspecified atom stereocenters. The van der Waals surface area contributed by atoms with Crippen LogP contribution in [0.2, 0.25) is 0 Å². The van der Waals surface area contributed by atoms with Gasteiger partial charge in [-0.15, -0.1) is 0 Å². The molecule has 1 saturated carbocycles. The first-order chi connectivity index (χ1) is 10.2. The Morgan fingerprint density at radius 2 is 1.73 bits per heavy atom. The number of aliphatic carboxylic acids is 1. The van der Waals surface area contributed by atoms with E-state index < -0.39 is 27.4 Å². The SMILES string of the molecule is CN(C)S(=O)(=O)c1ccc(C(=O)NC2(C(=O)O)CCC2)cc1. The quantitative estimate of drug-likeness (QED) is 0.828. The van der Waals surface area contributed by atoms with Crippen molar-refractivity contribution in [3.8, 4) is 0 Å². The minimum Gasteiger partial charge on any atom is -0.480 e. The van der Waals surface area contributed by atoms with Gasteiger partial charge in [-0.05, 0) is 43.5 Å². The van der Waals surface area contributed by atoms with Crippen molar-refractivity contribution < 1.29 is 23.1 Å². The van der Waals surface area contributed by atoms with Crippen LogP contribution in [0.3, 0.4) is 0 Å². The fourth-order valence-corrected chi connectivity index (χ4v) is 3.10. The summed E-state index contributed by atoms with van der Waals surface area (Å²) in [6, 6.07) is 5.41. The molecule has 1 aliphatic rings. The van der Waals surface area contributed by atoms with Gasteiger partial charge >= 0.3 is 5.97 Å². The maximum Gasteiger partial charge on any atom is 0.329 e. The average Bonchev–Trinajstić information content (AvgIpc) is 2.42. The third-order valence-electron chi connectivity index (χ3n) is 3.86. The molecule has 1 fully saturated rings. The molecule has 0 saturated heterocycles. The van der Waals surface area contributed by atoms with Crippen LogP contribution < -0.4 is 5.32 Å². The van der Waals surface area contributed by atoms with Gasteiger partial charge in [0.15, 0.2) is 0 Å². The zero-order valence-corrected chi connectivity index (χ0v) is 13.2. The van der Waals surface area contributed by atoms with Gasteiger partial charge in [-0.25, -0.2) is 17.5 Å². The van der Waals surface area contributed by atoms with Crippen LogP contribution in [-0.4, -0.2) is 49.3 Å². The molecule has 0 aliphatic heterocycles. The lowest BCUT2D eigenvalue weighted by Crippen LogP contribution is -2.59. The van der Waals surface area contributed by atoms with E-state index >= 15 is 0 Å². The third-order valence-corrected chi connectivity index (χ3v) is 5.69. The molecule has 1 aromatic rings. The number of hydrogen-bond donors (Lipinski definition) is 2. The molecule has 0 aromatic heterocycles. The number of carbonyl (C=O) groups excluding carboxylic acids is 1. The highest BCUT2D eigenvalue weighted by Crippen LogP contribution is 2.32. The average molecular weight is 326 g/mol. The standard InChI is InChI=1S/C14H18N2O5S/c1-16(2)22(20,21)11-6-4-10(5-7-11)12(17)15-14(13(18)19)8-3-9-14/h4-7H,3,8-9H2,1-2H3,(H,15,17)(H,18,19). The Morgan fingerprint density at radius 3 is 2.09 bits per heavy atom. The van der Waals surface area contributed by atoms with Crippen molar-refractivity contribution in [2.24, 2.45) is 0 Å². The van der Waals surface area contributed by atoms with Gasteiger partial charge in [0.2, 0.25) is 10.0 Å². The lowest BCUT2D eigenvalue weighted by atomic mass is 9.76. The number of amides is 1. The van der Waals surface area contributed by atoms with Crippen LogP contribution in [0.4, 0.5) is 0 Å². The number of hydrogen-bond acceptors (Lipinski definition) is 4. The van der Waals surface area contributed by atoms with Crippen molar-refractivity contribution in [1.82, 2.24) is 9.62 Å². The van der Waals surface area contributed by atoms with Crippen molar-refractivity contribution in [3.05, 3.63) is 29.8 Å². The summed E-state index contributed by atoms with van der Waals surface area (Å²) in [5.74, 6) is -1.56. The minimum absolute atomic E-state index is 0.0747.